The molecule has 0 aliphatic carbocycles. The van der Waals surface area contributed by atoms with Gasteiger partial charge in [-0.15, -0.1) is 0 Å². The van der Waals surface area contributed by atoms with Gasteiger partial charge < -0.3 is 5.11 Å². The summed E-state index contributed by atoms with van der Waals surface area (Å²) in [6.45, 7) is 3.92. The average molecular weight is 292 g/mol. The number of aromatic hydroxyl groups is 1. The first-order valence-corrected chi connectivity index (χ1v) is 6.31. The summed E-state index contributed by atoms with van der Waals surface area (Å²) in [7, 11) is 0. The van der Waals surface area contributed by atoms with Crippen molar-refractivity contribution in [1.82, 2.24) is 0 Å². The number of aliphatic imine (C=N–C) groups is 1. The van der Waals surface area contributed by atoms with Crippen molar-refractivity contribution in [1.29, 1.82) is 0 Å². The quantitative estimate of drug-likeness (QED) is 0.859. The van der Waals surface area contributed by atoms with Gasteiger partial charge in [-0.3, -0.25) is 4.99 Å². The normalized spacial score (nSPS) is 9.95. The van der Waals surface area contributed by atoms with Crippen LogP contribution in [0.2, 0.25) is 0 Å². The fourth-order valence-electron chi connectivity index (χ4n) is 1.56. The van der Waals surface area contributed by atoms with E-state index < -0.39 is 0 Å². The van der Waals surface area contributed by atoms with Gasteiger partial charge >= 0.3 is 21.0 Å². The molecular weight excluding hydrogens is 277 g/mol. The monoisotopic (exact) mass is 292 g/mol. The summed E-state index contributed by atoms with van der Waals surface area (Å²) in [6, 6.07) is 13.6. The minimum absolute atomic E-state index is 0.295. The molecule has 3 nitrogen and oxygen atoms in total. The van der Waals surface area contributed by atoms with Crippen LogP contribution in [0.4, 0.5) is 5.69 Å². The van der Waals surface area contributed by atoms with Crippen LogP contribution in [0, 0.1) is 13.8 Å². The Morgan fingerprint density at radius 1 is 1.05 bits per heavy atom. The van der Waals surface area contributed by atoms with Crippen molar-refractivity contribution in [2.45, 2.75) is 13.8 Å². The van der Waals surface area contributed by atoms with E-state index in [0.717, 1.165) is 34.2 Å². The van der Waals surface area contributed by atoms with Crippen molar-refractivity contribution in [3.63, 3.8) is 0 Å². The Morgan fingerprint density at radius 3 is 2.32 bits per heavy atom. The van der Waals surface area contributed by atoms with Crippen LogP contribution in [0.5, 0.6) is 5.75 Å². The van der Waals surface area contributed by atoms with Gasteiger partial charge in [0, 0.05) is 11.8 Å². The maximum atomic E-state index is 9.83. The number of benzene rings is 2. The van der Waals surface area contributed by atoms with Gasteiger partial charge in [-0.05, 0) is 37.6 Å². The molecule has 0 unspecified atom stereocenters. The van der Waals surface area contributed by atoms with Crippen LogP contribution in [0.1, 0.15) is 16.7 Å². The first-order chi connectivity index (χ1) is 9.16. The van der Waals surface area contributed by atoms with Crippen LogP contribution < -0.4 is 0 Å². The minimum atomic E-state index is 0.295. The molecule has 2 rings (SSSR count). The van der Waals surface area contributed by atoms with Crippen molar-refractivity contribution < 1.29 is 26.1 Å². The topological polar surface area (TPSA) is 49.7 Å². The SMILES string of the molecule is Cc1ccc(N=Cc2cccc(C)c2O)cc1.[O]=[V]. The molecule has 0 fully saturated rings. The first kappa shape index (κ1) is 15.4. The van der Waals surface area contributed by atoms with Gasteiger partial charge in [0.05, 0.1) is 5.69 Å². The summed E-state index contributed by atoms with van der Waals surface area (Å²) in [6.07, 6.45) is 1.69. The summed E-state index contributed by atoms with van der Waals surface area (Å²) in [5.74, 6) is 0.295. The standard InChI is InChI=1S/C15H15NO.O.V/c1-11-6-8-14(9-7-11)16-10-13-5-3-4-12(2)15(13)17;;/h3-10,17H,1-2H3;;. The molecule has 0 saturated carbocycles. The summed E-state index contributed by atoms with van der Waals surface area (Å²) < 4.78 is 8.19. The number of phenolic OH excluding ortho intramolecular Hbond substituents is 1. The van der Waals surface area contributed by atoms with Crippen molar-refractivity contribution in [2.75, 3.05) is 0 Å². The number of hydrogen-bond acceptors (Lipinski definition) is 3. The molecular formula is C15H15NO2V. The second kappa shape index (κ2) is 7.67. The molecule has 0 aliphatic heterocycles. The Hall–Kier alpha value is -1.71. The van der Waals surface area contributed by atoms with Crippen LogP contribution in [-0.4, -0.2) is 11.3 Å². The zero-order valence-corrected chi connectivity index (χ0v) is 12.3. The van der Waals surface area contributed by atoms with Crippen molar-refractivity contribution in [3.8, 4) is 5.75 Å². The molecule has 2 aromatic carbocycles. The molecule has 0 aliphatic rings. The second-order valence-electron chi connectivity index (χ2n) is 4.11. The molecule has 0 saturated heterocycles. The van der Waals surface area contributed by atoms with E-state index in [0.29, 0.717) is 5.75 Å². The zero-order chi connectivity index (χ0) is 14.3. The fourth-order valence-corrected chi connectivity index (χ4v) is 1.56. The molecule has 1 N–H and O–H groups in total. The molecule has 0 bridgehead atoms. The summed E-state index contributed by atoms with van der Waals surface area (Å²) in [5, 5.41) is 9.83. The Kier molecular flexibility index (Phi) is 6.20. The van der Waals surface area contributed by atoms with Gasteiger partial charge in [0.2, 0.25) is 0 Å². The first-order valence-electron chi connectivity index (χ1n) is 5.74. The zero-order valence-electron chi connectivity index (χ0n) is 10.9. The van der Waals surface area contributed by atoms with E-state index in [1.54, 1.807) is 6.21 Å². The van der Waals surface area contributed by atoms with Crippen LogP contribution in [0.15, 0.2) is 47.5 Å². The fraction of sp³-hybridized carbons (Fsp3) is 0.133. The summed E-state index contributed by atoms with van der Waals surface area (Å²) in [4.78, 5) is 4.33. The number of phenols is 1. The molecule has 0 atom stereocenters. The molecule has 19 heavy (non-hydrogen) atoms. The van der Waals surface area contributed by atoms with E-state index >= 15 is 0 Å². The van der Waals surface area contributed by atoms with Crippen LogP contribution >= 0.6 is 0 Å². The predicted molar refractivity (Wildman–Crippen MR) is 72.0 cm³/mol. The molecule has 0 aromatic heterocycles. The van der Waals surface area contributed by atoms with Gasteiger partial charge in [-0.2, -0.15) is 0 Å². The average Bonchev–Trinajstić information content (AvgIpc) is 2.44. The summed E-state index contributed by atoms with van der Waals surface area (Å²) in [5.41, 5.74) is 3.70. The molecule has 0 amide bonds. The van der Waals surface area contributed by atoms with E-state index in [1.807, 2.05) is 56.3 Å². The third kappa shape index (κ3) is 4.47. The Labute approximate surface area is 122 Å². The van der Waals surface area contributed by atoms with Crippen LogP contribution in [0.3, 0.4) is 0 Å². The van der Waals surface area contributed by atoms with E-state index in [-0.39, 0.29) is 0 Å². The van der Waals surface area contributed by atoms with Gasteiger partial charge in [-0.25, -0.2) is 0 Å². The number of aryl methyl sites for hydroxylation is 2. The van der Waals surface area contributed by atoms with E-state index in [4.69, 9.17) is 3.67 Å². The van der Waals surface area contributed by atoms with Gasteiger partial charge in [0.15, 0.2) is 0 Å². The molecule has 2 aromatic rings. The number of hydrogen-bond donors (Lipinski definition) is 1. The van der Waals surface area contributed by atoms with E-state index in [9.17, 15) is 5.11 Å². The third-order valence-corrected chi connectivity index (χ3v) is 2.66. The van der Waals surface area contributed by atoms with Crippen molar-refractivity contribution >= 4 is 11.9 Å². The predicted octanol–water partition coefficient (Wildman–Crippen LogP) is 3.64. The number of nitrogens with zero attached hydrogens (tertiary/aromatic N) is 1. The molecule has 0 heterocycles. The molecule has 0 radical (unpaired) electrons. The number of rotatable bonds is 2. The molecule has 4 heteroatoms. The Balaban J connectivity index is 0.000000861. The van der Waals surface area contributed by atoms with Crippen LogP contribution in [-0.2, 0) is 21.0 Å². The Bertz CT molecular complexity index is 565. The maximum absolute atomic E-state index is 9.83. The van der Waals surface area contributed by atoms with Crippen molar-refractivity contribution in [3.05, 3.63) is 59.2 Å². The number of para-hydroxylation sites is 1. The molecule has 0 spiro atoms. The van der Waals surface area contributed by atoms with Crippen LogP contribution in [0.25, 0.3) is 0 Å². The van der Waals surface area contributed by atoms with E-state index in [1.165, 1.54) is 5.56 Å². The Morgan fingerprint density at radius 2 is 1.68 bits per heavy atom. The van der Waals surface area contributed by atoms with E-state index in [2.05, 4.69) is 4.99 Å². The van der Waals surface area contributed by atoms with Gasteiger partial charge in [0.1, 0.15) is 5.75 Å². The van der Waals surface area contributed by atoms with Gasteiger partial charge in [-0.1, -0.05) is 29.8 Å². The van der Waals surface area contributed by atoms with Crippen molar-refractivity contribution in [2.24, 2.45) is 4.99 Å². The summed E-state index contributed by atoms with van der Waals surface area (Å²) >= 11 is 1.06. The molecule has 97 valence electrons. The third-order valence-electron chi connectivity index (χ3n) is 2.66. The van der Waals surface area contributed by atoms with Gasteiger partial charge in [0.25, 0.3) is 0 Å². The second-order valence-corrected chi connectivity index (χ2v) is 4.11.